The first kappa shape index (κ1) is 17.0. The minimum absolute atomic E-state index is 0.0557. The molecule has 0 aliphatic heterocycles. The summed E-state index contributed by atoms with van der Waals surface area (Å²) in [6.07, 6.45) is 4.16. The Morgan fingerprint density at radius 3 is 2.15 bits per heavy atom. The molecule has 1 aromatic carbocycles. The maximum absolute atomic E-state index is 12.1. The quantitative estimate of drug-likeness (QED) is 0.760. The van der Waals surface area contributed by atoms with Crippen LogP contribution in [0.1, 0.15) is 42.6 Å². The minimum Gasteiger partial charge on any atom is -0.389 e. The molecule has 0 saturated heterocycles. The van der Waals surface area contributed by atoms with Gasteiger partial charge in [0.2, 0.25) is 0 Å². The van der Waals surface area contributed by atoms with E-state index in [9.17, 15) is 4.79 Å². The molecular weight excluding hydrogens is 288 g/mol. The van der Waals surface area contributed by atoms with E-state index in [-0.39, 0.29) is 10.7 Å². The fourth-order valence-electron chi connectivity index (χ4n) is 1.99. The number of nitrogens with one attached hydrogen (secondary N) is 1. The number of carbonyl (C=O) groups is 1. The first-order valence-electron chi connectivity index (χ1n) is 6.71. The predicted octanol–water partition coefficient (Wildman–Crippen LogP) is 2.97. The Morgan fingerprint density at radius 2 is 1.75 bits per heavy atom. The Labute approximate surface area is 130 Å². The van der Waals surface area contributed by atoms with Crippen molar-refractivity contribution in [2.45, 2.75) is 31.4 Å². The normalized spacial score (nSPS) is 11.2. The van der Waals surface area contributed by atoms with Gasteiger partial charge in [-0.15, -0.1) is 0 Å². The molecule has 110 valence electrons. The molecule has 5 heteroatoms. The zero-order chi connectivity index (χ0) is 15.2. The predicted molar refractivity (Wildman–Crippen MR) is 91.5 cm³/mol. The monoisotopic (exact) mass is 310 g/mol. The van der Waals surface area contributed by atoms with E-state index in [1.165, 1.54) is 0 Å². The maximum Gasteiger partial charge on any atom is 0.251 e. The van der Waals surface area contributed by atoms with Crippen LogP contribution in [0, 0.1) is 0 Å². The third kappa shape index (κ3) is 4.21. The molecule has 0 aliphatic rings. The summed E-state index contributed by atoms with van der Waals surface area (Å²) in [6.45, 7) is 4.99. The van der Waals surface area contributed by atoms with Crippen LogP contribution in [0.3, 0.4) is 0 Å². The van der Waals surface area contributed by atoms with Gasteiger partial charge in [0.25, 0.3) is 5.91 Å². The number of amides is 1. The molecule has 1 rings (SSSR count). The van der Waals surface area contributed by atoms with Gasteiger partial charge in [0, 0.05) is 22.4 Å². The van der Waals surface area contributed by atoms with Gasteiger partial charge >= 0.3 is 0 Å². The van der Waals surface area contributed by atoms with E-state index in [1.54, 1.807) is 24.3 Å². The lowest BCUT2D eigenvalue weighted by Gasteiger charge is -2.29. The van der Waals surface area contributed by atoms with Crippen LogP contribution in [0.15, 0.2) is 24.3 Å². The minimum atomic E-state index is -0.0557. The molecule has 0 radical (unpaired) electrons. The van der Waals surface area contributed by atoms with Crippen molar-refractivity contribution in [3.8, 4) is 0 Å². The second-order valence-electron chi connectivity index (χ2n) is 4.72. The van der Waals surface area contributed by atoms with Crippen molar-refractivity contribution in [1.29, 1.82) is 0 Å². The van der Waals surface area contributed by atoms with E-state index in [1.807, 2.05) is 11.8 Å². The molecule has 1 amide bonds. The Morgan fingerprint density at radius 1 is 1.25 bits per heavy atom. The van der Waals surface area contributed by atoms with Crippen LogP contribution in [0.25, 0.3) is 0 Å². The van der Waals surface area contributed by atoms with Crippen molar-refractivity contribution in [2.24, 2.45) is 5.73 Å². The molecule has 0 fully saturated rings. The highest BCUT2D eigenvalue weighted by Gasteiger charge is 2.25. The van der Waals surface area contributed by atoms with E-state index >= 15 is 0 Å². The van der Waals surface area contributed by atoms with E-state index in [0.717, 1.165) is 18.4 Å². The van der Waals surface area contributed by atoms with Crippen LogP contribution in [0.5, 0.6) is 0 Å². The third-order valence-corrected chi connectivity index (χ3v) is 5.55. The van der Waals surface area contributed by atoms with Crippen LogP contribution < -0.4 is 11.1 Å². The van der Waals surface area contributed by atoms with Crippen LogP contribution in [-0.4, -0.2) is 28.4 Å². The van der Waals surface area contributed by atoms with Crippen LogP contribution >= 0.6 is 24.0 Å². The van der Waals surface area contributed by atoms with Crippen LogP contribution in [0.2, 0.25) is 0 Å². The fourth-order valence-corrected chi connectivity index (χ4v) is 2.92. The van der Waals surface area contributed by atoms with Crippen molar-refractivity contribution in [1.82, 2.24) is 5.32 Å². The molecule has 1 aromatic rings. The highest BCUT2D eigenvalue weighted by atomic mass is 32.2. The van der Waals surface area contributed by atoms with Crippen molar-refractivity contribution >= 4 is 34.9 Å². The lowest BCUT2D eigenvalue weighted by Crippen LogP contribution is -2.39. The fraction of sp³-hybridized carbons (Fsp3) is 0.467. The maximum atomic E-state index is 12.1. The molecule has 0 aromatic heterocycles. The third-order valence-electron chi connectivity index (χ3n) is 3.72. The average Bonchev–Trinajstić information content (AvgIpc) is 2.49. The van der Waals surface area contributed by atoms with Crippen molar-refractivity contribution in [3.63, 3.8) is 0 Å². The number of benzene rings is 1. The standard InChI is InChI=1S/C15H22N2OS2/c1-4-15(5-2,20-3)10-17-14(18)12-8-6-11(7-9-12)13(16)19/h6-9H,4-5,10H2,1-3H3,(H2,16,19)(H,17,18). The summed E-state index contributed by atoms with van der Waals surface area (Å²) < 4.78 is 0.119. The Balaban J connectivity index is 2.69. The van der Waals surface area contributed by atoms with Gasteiger partial charge in [0.15, 0.2) is 0 Å². The van der Waals surface area contributed by atoms with E-state index in [4.69, 9.17) is 18.0 Å². The lowest BCUT2D eigenvalue weighted by molar-refractivity contribution is 0.0949. The molecular formula is C15H22N2OS2. The molecule has 0 bridgehead atoms. The van der Waals surface area contributed by atoms with Gasteiger partial charge in [0.1, 0.15) is 4.99 Å². The highest BCUT2D eigenvalue weighted by molar-refractivity contribution is 8.00. The van der Waals surface area contributed by atoms with Gasteiger partial charge < -0.3 is 11.1 Å². The van der Waals surface area contributed by atoms with Gasteiger partial charge in [-0.2, -0.15) is 11.8 Å². The first-order valence-corrected chi connectivity index (χ1v) is 8.34. The summed E-state index contributed by atoms with van der Waals surface area (Å²) in [5.41, 5.74) is 6.94. The smallest absolute Gasteiger partial charge is 0.251 e. The first-order chi connectivity index (χ1) is 9.48. The summed E-state index contributed by atoms with van der Waals surface area (Å²) in [5, 5.41) is 3.02. The molecule has 20 heavy (non-hydrogen) atoms. The van der Waals surface area contributed by atoms with E-state index < -0.39 is 0 Å². The molecule has 3 nitrogen and oxygen atoms in total. The largest absolute Gasteiger partial charge is 0.389 e. The Kier molecular flexibility index (Phi) is 6.49. The number of thioether (sulfide) groups is 1. The zero-order valence-corrected chi connectivity index (χ0v) is 13.9. The number of hydrogen-bond donors (Lipinski definition) is 2. The second-order valence-corrected chi connectivity index (χ2v) is 6.43. The number of rotatable bonds is 7. The van der Waals surface area contributed by atoms with E-state index in [2.05, 4.69) is 25.4 Å². The number of hydrogen-bond acceptors (Lipinski definition) is 3. The molecule has 0 aliphatic carbocycles. The summed E-state index contributed by atoms with van der Waals surface area (Å²) in [6, 6.07) is 7.06. The summed E-state index contributed by atoms with van der Waals surface area (Å²) >= 11 is 6.71. The molecule has 0 atom stereocenters. The number of thiocarbonyl (C=S) groups is 1. The SMILES string of the molecule is CCC(CC)(CNC(=O)c1ccc(C(N)=S)cc1)SC. The van der Waals surface area contributed by atoms with Gasteiger partial charge in [0.05, 0.1) is 0 Å². The second kappa shape index (κ2) is 7.64. The van der Waals surface area contributed by atoms with E-state index in [0.29, 0.717) is 17.1 Å². The summed E-state index contributed by atoms with van der Waals surface area (Å²) in [5.74, 6) is -0.0557. The number of nitrogens with two attached hydrogens (primary N) is 1. The molecule has 0 unspecified atom stereocenters. The van der Waals surface area contributed by atoms with Gasteiger partial charge in [-0.25, -0.2) is 0 Å². The van der Waals surface area contributed by atoms with Crippen molar-refractivity contribution in [3.05, 3.63) is 35.4 Å². The van der Waals surface area contributed by atoms with Crippen molar-refractivity contribution < 1.29 is 4.79 Å². The van der Waals surface area contributed by atoms with Gasteiger partial charge in [-0.3, -0.25) is 4.79 Å². The summed E-state index contributed by atoms with van der Waals surface area (Å²) in [4.78, 5) is 12.5. The Hall–Kier alpha value is -1.07. The van der Waals surface area contributed by atoms with Crippen LogP contribution in [0.4, 0.5) is 0 Å². The molecule has 0 spiro atoms. The Bertz CT molecular complexity index is 459. The zero-order valence-electron chi connectivity index (χ0n) is 12.2. The molecule has 0 heterocycles. The topological polar surface area (TPSA) is 55.1 Å². The number of carbonyl (C=O) groups excluding carboxylic acids is 1. The molecule has 3 N–H and O–H groups in total. The van der Waals surface area contributed by atoms with Crippen molar-refractivity contribution in [2.75, 3.05) is 12.8 Å². The van der Waals surface area contributed by atoms with Crippen LogP contribution in [-0.2, 0) is 0 Å². The highest BCUT2D eigenvalue weighted by Crippen LogP contribution is 2.29. The summed E-state index contributed by atoms with van der Waals surface area (Å²) in [7, 11) is 0. The lowest BCUT2D eigenvalue weighted by atomic mass is 10.0. The van der Waals surface area contributed by atoms with Gasteiger partial charge in [-0.05, 0) is 31.2 Å². The van der Waals surface area contributed by atoms with Gasteiger partial charge in [-0.1, -0.05) is 38.2 Å². The molecule has 0 saturated carbocycles. The average molecular weight is 310 g/mol.